The lowest BCUT2D eigenvalue weighted by molar-refractivity contribution is -0.143. The van der Waals surface area contributed by atoms with E-state index in [1.54, 1.807) is 6.07 Å². The maximum absolute atomic E-state index is 12.9. The highest BCUT2D eigenvalue weighted by Crippen LogP contribution is 2.31. The molecule has 0 aromatic heterocycles. The number of nitrogens with zero attached hydrogens (tertiary/aromatic N) is 3. The molecule has 0 saturated carbocycles. The van der Waals surface area contributed by atoms with E-state index in [1.165, 1.54) is 21.2 Å². The molecule has 0 spiro atoms. The van der Waals surface area contributed by atoms with E-state index < -0.39 is 23.7 Å². The molecule has 3 rings (SSSR count). The van der Waals surface area contributed by atoms with Gasteiger partial charge in [-0.15, -0.1) is 0 Å². The Morgan fingerprint density at radius 2 is 1.76 bits per heavy atom. The van der Waals surface area contributed by atoms with Crippen molar-refractivity contribution in [2.24, 2.45) is 0 Å². The van der Waals surface area contributed by atoms with Crippen molar-refractivity contribution >= 4 is 34.5 Å². The number of hydrogen-bond donors (Lipinski definition) is 3. The van der Waals surface area contributed by atoms with Gasteiger partial charge in [0.15, 0.2) is 0 Å². The predicted octanol–water partition coefficient (Wildman–Crippen LogP) is 1.81. The maximum Gasteiger partial charge on any atom is 0.303 e. The third-order valence-corrected chi connectivity index (χ3v) is 6.76. The zero-order chi connectivity index (χ0) is 26.8. The quantitative estimate of drug-likeness (QED) is 0.394. The average Bonchev–Trinajstić information content (AvgIpc) is 2.91. The minimum atomic E-state index is -1.08. The fourth-order valence-corrected chi connectivity index (χ4v) is 4.76. The number of carboxylic acids is 1. The lowest BCUT2D eigenvalue weighted by Gasteiger charge is -2.41. The molecule has 1 atom stereocenters. The second-order valence-electron chi connectivity index (χ2n) is 9.14. The summed E-state index contributed by atoms with van der Waals surface area (Å²) in [6.45, 7) is 2.88. The second kappa shape index (κ2) is 13.4. The number of hydrogen-bond acceptors (Lipinski definition) is 6. The van der Waals surface area contributed by atoms with Crippen molar-refractivity contribution in [1.82, 2.24) is 20.4 Å². The number of nitrogens with one attached hydrogen (secondary N) is 2. The summed E-state index contributed by atoms with van der Waals surface area (Å²) in [7, 11) is 0. The molecule has 10 nitrogen and oxygen atoms in total. The number of carboxylic acid groups (broad SMARTS) is 1. The lowest BCUT2D eigenvalue weighted by Crippen LogP contribution is -2.51. The number of rotatable bonds is 11. The molecule has 3 N–H and O–H groups in total. The zero-order valence-corrected chi connectivity index (χ0v) is 21.0. The van der Waals surface area contributed by atoms with Crippen molar-refractivity contribution in [1.29, 1.82) is 5.26 Å². The number of fused-ring (bicyclic) bond motifs is 1. The van der Waals surface area contributed by atoms with Crippen LogP contribution in [0, 0.1) is 11.3 Å². The van der Waals surface area contributed by atoms with Gasteiger partial charge < -0.3 is 20.6 Å². The van der Waals surface area contributed by atoms with E-state index in [2.05, 4.69) is 52.8 Å². The Bertz CT molecular complexity index is 1160. The van der Waals surface area contributed by atoms with Crippen molar-refractivity contribution < 1.29 is 24.3 Å². The fourth-order valence-electron chi connectivity index (χ4n) is 4.76. The molecule has 1 saturated heterocycles. The van der Waals surface area contributed by atoms with E-state index in [-0.39, 0.29) is 44.6 Å². The first-order valence-corrected chi connectivity index (χ1v) is 12.4. The topological polar surface area (TPSA) is 143 Å². The van der Waals surface area contributed by atoms with E-state index in [0.717, 1.165) is 13.1 Å². The second-order valence-corrected chi connectivity index (χ2v) is 9.14. The van der Waals surface area contributed by atoms with E-state index in [4.69, 9.17) is 10.4 Å². The van der Waals surface area contributed by atoms with Gasteiger partial charge >= 0.3 is 5.97 Å². The Morgan fingerprint density at radius 3 is 2.46 bits per heavy atom. The Labute approximate surface area is 216 Å². The molecular formula is C27H33N5O5. The van der Waals surface area contributed by atoms with Gasteiger partial charge in [0.1, 0.15) is 6.54 Å². The first kappa shape index (κ1) is 27.6. The third-order valence-electron chi connectivity index (χ3n) is 6.76. The number of amides is 3. The molecule has 10 heteroatoms. The Hall–Kier alpha value is -3.97. The monoisotopic (exact) mass is 507 g/mol. The van der Waals surface area contributed by atoms with Gasteiger partial charge in [0.25, 0.3) is 0 Å². The Kier molecular flexibility index (Phi) is 9.98. The van der Waals surface area contributed by atoms with Gasteiger partial charge in [0, 0.05) is 31.6 Å². The van der Waals surface area contributed by atoms with Gasteiger partial charge in [-0.3, -0.25) is 24.1 Å². The SMILES string of the molecule is CC(c1cccc2ccccc12)N1CCC(N(CC(=O)NCC(=O)NCC#N)C(=O)CCC(=O)O)CC1. The van der Waals surface area contributed by atoms with Gasteiger partial charge in [-0.05, 0) is 36.1 Å². The molecular weight excluding hydrogens is 474 g/mol. The van der Waals surface area contributed by atoms with Gasteiger partial charge in [-0.2, -0.15) is 5.26 Å². The van der Waals surface area contributed by atoms with Crippen LogP contribution in [0.5, 0.6) is 0 Å². The summed E-state index contributed by atoms with van der Waals surface area (Å²) in [6, 6.07) is 16.3. The van der Waals surface area contributed by atoms with Crippen molar-refractivity contribution in [3.63, 3.8) is 0 Å². The standard InChI is InChI=1S/C27H33N5O5/c1-19(22-8-4-6-20-5-2-3-7-23(20)22)31-15-11-21(12-16-31)32(26(35)9-10-27(36)37)18-25(34)30-17-24(33)29-14-13-28/h2-8,19,21H,9-12,14-18H2,1H3,(H,29,33)(H,30,34)(H,36,37). The number of aliphatic carboxylic acids is 1. The number of benzene rings is 2. The lowest BCUT2D eigenvalue weighted by atomic mass is 9.95. The van der Waals surface area contributed by atoms with Crippen LogP contribution in [0.1, 0.15) is 44.2 Å². The fraction of sp³-hybridized carbons (Fsp3) is 0.444. The minimum Gasteiger partial charge on any atom is -0.481 e. The van der Waals surface area contributed by atoms with Crippen molar-refractivity contribution in [3.8, 4) is 6.07 Å². The molecule has 0 bridgehead atoms. The zero-order valence-electron chi connectivity index (χ0n) is 21.0. The first-order valence-electron chi connectivity index (χ1n) is 12.4. The molecule has 1 fully saturated rings. The van der Waals surface area contributed by atoms with Crippen LogP contribution in [0.15, 0.2) is 42.5 Å². The van der Waals surface area contributed by atoms with Gasteiger partial charge in [0.05, 0.1) is 25.6 Å². The van der Waals surface area contributed by atoms with Crippen molar-refractivity contribution in [3.05, 3.63) is 48.0 Å². The largest absolute Gasteiger partial charge is 0.481 e. The number of likely N-dealkylation sites (tertiary alicyclic amines) is 1. The van der Waals surface area contributed by atoms with Crippen LogP contribution in [0.3, 0.4) is 0 Å². The summed E-state index contributed by atoms with van der Waals surface area (Å²) in [4.78, 5) is 51.9. The third kappa shape index (κ3) is 7.75. The average molecular weight is 508 g/mol. The first-order chi connectivity index (χ1) is 17.8. The molecule has 1 aliphatic heterocycles. The van der Waals surface area contributed by atoms with Crippen LogP contribution in [0.2, 0.25) is 0 Å². The molecule has 2 aromatic carbocycles. The number of nitriles is 1. The summed E-state index contributed by atoms with van der Waals surface area (Å²) >= 11 is 0. The Morgan fingerprint density at radius 1 is 1.05 bits per heavy atom. The van der Waals surface area contributed by atoms with Crippen LogP contribution in [-0.4, -0.2) is 77.4 Å². The summed E-state index contributed by atoms with van der Waals surface area (Å²) in [5.41, 5.74) is 1.24. The molecule has 0 aliphatic carbocycles. The van der Waals surface area contributed by atoms with Crippen LogP contribution < -0.4 is 10.6 Å². The normalized spacial score (nSPS) is 14.9. The van der Waals surface area contributed by atoms with E-state index in [1.807, 2.05) is 12.1 Å². The van der Waals surface area contributed by atoms with Gasteiger partial charge in [-0.25, -0.2) is 0 Å². The number of carbonyl (C=O) groups excluding carboxylic acids is 3. The summed E-state index contributed by atoms with van der Waals surface area (Å²) in [5, 5.41) is 24.7. The van der Waals surface area contributed by atoms with Crippen LogP contribution in [-0.2, 0) is 19.2 Å². The van der Waals surface area contributed by atoms with Gasteiger partial charge in [-0.1, -0.05) is 42.5 Å². The molecule has 1 aliphatic rings. The van der Waals surface area contributed by atoms with Crippen molar-refractivity contribution in [2.45, 2.75) is 44.7 Å². The molecule has 1 heterocycles. The van der Waals surface area contributed by atoms with Crippen molar-refractivity contribution in [2.75, 3.05) is 32.7 Å². The molecule has 3 amide bonds. The van der Waals surface area contributed by atoms with E-state index >= 15 is 0 Å². The highest BCUT2D eigenvalue weighted by molar-refractivity contribution is 5.89. The van der Waals surface area contributed by atoms with Gasteiger partial charge in [0.2, 0.25) is 17.7 Å². The highest BCUT2D eigenvalue weighted by Gasteiger charge is 2.31. The smallest absolute Gasteiger partial charge is 0.303 e. The van der Waals surface area contributed by atoms with E-state index in [9.17, 15) is 19.2 Å². The van der Waals surface area contributed by atoms with Crippen LogP contribution in [0.25, 0.3) is 10.8 Å². The minimum absolute atomic E-state index is 0.162. The summed E-state index contributed by atoms with van der Waals surface area (Å²) in [6.07, 6.45) is 0.774. The number of piperidine rings is 1. The number of carbonyl (C=O) groups is 4. The molecule has 2 aromatic rings. The molecule has 1 unspecified atom stereocenters. The summed E-state index contributed by atoms with van der Waals surface area (Å²) < 4.78 is 0. The maximum atomic E-state index is 12.9. The Balaban J connectivity index is 1.64. The molecule has 37 heavy (non-hydrogen) atoms. The molecule has 196 valence electrons. The summed E-state index contributed by atoms with van der Waals surface area (Å²) in [5.74, 6) is -2.49. The predicted molar refractivity (Wildman–Crippen MR) is 137 cm³/mol. The van der Waals surface area contributed by atoms with Crippen LogP contribution in [0.4, 0.5) is 0 Å². The molecule has 0 radical (unpaired) electrons. The van der Waals surface area contributed by atoms with E-state index in [0.29, 0.717) is 12.8 Å². The van der Waals surface area contributed by atoms with Crippen LogP contribution >= 0.6 is 0 Å². The highest BCUT2D eigenvalue weighted by atomic mass is 16.4.